The van der Waals surface area contributed by atoms with Gasteiger partial charge in [-0.25, -0.2) is 15.0 Å². The minimum Gasteiger partial charge on any atom is -0.300 e. The second kappa shape index (κ2) is 5.50. The van der Waals surface area contributed by atoms with Crippen molar-refractivity contribution >= 4 is 9.84 Å². The largest absolute Gasteiger partial charge is 0.313 e. The first-order chi connectivity index (χ1) is 7.97. The molecule has 1 aliphatic rings. The molecule has 0 saturated heterocycles. The van der Waals surface area contributed by atoms with Crippen molar-refractivity contribution in [2.45, 2.75) is 44.3 Å². The SMILES string of the molecule is [C-]#[N+]CS(=O)(=O)C1(CCCC)C=CC(C)=CC1. The zero-order chi connectivity index (χ0) is 12.9. The monoisotopic (exact) mass is 253 g/mol. The minimum atomic E-state index is -3.38. The van der Waals surface area contributed by atoms with Gasteiger partial charge in [0.05, 0.1) is 0 Å². The Morgan fingerprint density at radius 3 is 2.71 bits per heavy atom. The summed E-state index contributed by atoms with van der Waals surface area (Å²) in [6, 6.07) is 0. The highest BCUT2D eigenvalue weighted by Crippen LogP contribution is 2.34. The van der Waals surface area contributed by atoms with Crippen molar-refractivity contribution in [1.82, 2.24) is 0 Å². The lowest BCUT2D eigenvalue weighted by molar-refractivity contribution is 0.519. The molecule has 0 aromatic carbocycles. The smallest absolute Gasteiger partial charge is 0.300 e. The van der Waals surface area contributed by atoms with Gasteiger partial charge in [-0.05, 0) is 19.8 Å². The molecular formula is C13H19NO2S. The van der Waals surface area contributed by atoms with Gasteiger partial charge in [-0.1, -0.05) is 43.6 Å². The normalized spacial score (nSPS) is 24.2. The van der Waals surface area contributed by atoms with Gasteiger partial charge in [0.25, 0.3) is 0 Å². The van der Waals surface area contributed by atoms with E-state index in [9.17, 15) is 8.42 Å². The van der Waals surface area contributed by atoms with Crippen molar-refractivity contribution in [2.24, 2.45) is 0 Å². The summed E-state index contributed by atoms with van der Waals surface area (Å²) < 4.78 is 23.6. The third-order valence-electron chi connectivity index (χ3n) is 3.23. The Labute approximate surface area is 104 Å². The van der Waals surface area contributed by atoms with E-state index in [2.05, 4.69) is 4.85 Å². The number of nitrogens with zero attached hydrogens (tertiary/aromatic N) is 1. The van der Waals surface area contributed by atoms with Gasteiger partial charge in [0, 0.05) is 0 Å². The van der Waals surface area contributed by atoms with E-state index in [0.717, 1.165) is 18.4 Å². The number of sulfone groups is 1. The molecule has 4 heteroatoms. The maximum Gasteiger partial charge on any atom is 0.313 e. The molecule has 0 saturated carbocycles. The maximum absolute atomic E-state index is 12.2. The first kappa shape index (κ1) is 14.0. The summed E-state index contributed by atoms with van der Waals surface area (Å²) in [4.78, 5) is 3.06. The van der Waals surface area contributed by atoms with Crippen molar-refractivity contribution in [3.05, 3.63) is 35.2 Å². The molecule has 0 fully saturated rings. The van der Waals surface area contributed by atoms with Crippen molar-refractivity contribution in [1.29, 1.82) is 0 Å². The molecule has 1 atom stereocenters. The molecule has 0 bridgehead atoms. The molecular weight excluding hydrogens is 234 g/mol. The second-order valence-corrected chi connectivity index (χ2v) is 6.86. The van der Waals surface area contributed by atoms with Crippen molar-refractivity contribution in [3.63, 3.8) is 0 Å². The lowest BCUT2D eigenvalue weighted by Gasteiger charge is -2.29. The molecule has 0 aromatic heterocycles. The molecule has 1 rings (SSSR count). The molecule has 0 spiro atoms. The van der Waals surface area contributed by atoms with Crippen molar-refractivity contribution in [2.75, 3.05) is 5.88 Å². The van der Waals surface area contributed by atoms with Gasteiger partial charge in [0.15, 0.2) is 0 Å². The van der Waals surface area contributed by atoms with Crippen LogP contribution in [0.15, 0.2) is 23.8 Å². The number of hydrogen-bond donors (Lipinski definition) is 0. The van der Waals surface area contributed by atoms with E-state index in [4.69, 9.17) is 6.57 Å². The molecule has 3 nitrogen and oxygen atoms in total. The fraction of sp³-hybridized carbons (Fsp3) is 0.615. The van der Waals surface area contributed by atoms with Gasteiger partial charge in [-0.2, -0.15) is 0 Å². The molecule has 1 unspecified atom stereocenters. The van der Waals surface area contributed by atoms with Crippen LogP contribution in [0.25, 0.3) is 4.85 Å². The molecule has 1 aliphatic carbocycles. The highest BCUT2D eigenvalue weighted by Gasteiger charge is 2.42. The molecule has 17 heavy (non-hydrogen) atoms. The van der Waals surface area contributed by atoms with E-state index in [1.165, 1.54) is 0 Å². The van der Waals surface area contributed by atoms with E-state index in [0.29, 0.717) is 12.8 Å². The molecule has 0 radical (unpaired) electrons. The first-order valence-electron chi connectivity index (χ1n) is 5.89. The lowest BCUT2D eigenvalue weighted by atomic mass is 9.91. The Kier molecular flexibility index (Phi) is 4.53. The van der Waals surface area contributed by atoms with Gasteiger partial charge in [-0.15, -0.1) is 0 Å². The van der Waals surface area contributed by atoms with E-state index in [1.54, 1.807) is 6.08 Å². The van der Waals surface area contributed by atoms with Crippen LogP contribution in [0.1, 0.15) is 39.5 Å². The summed E-state index contributed by atoms with van der Waals surface area (Å²) in [7, 11) is -3.38. The number of allylic oxidation sites excluding steroid dienone is 3. The summed E-state index contributed by atoms with van der Waals surface area (Å²) in [5.41, 5.74) is 1.09. The van der Waals surface area contributed by atoms with Crippen LogP contribution in [0.3, 0.4) is 0 Å². The van der Waals surface area contributed by atoms with Crippen LogP contribution in [0.2, 0.25) is 0 Å². The summed E-state index contributed by atoms with van der Waals surface area (Å²) >= 11 is 0. The van der Waals surface area contributed by atoms with Crippen LogP contribution >= 0.6 is 0 Å². The first-order valence-corrected chi connectivity index (χ1v) is 7.54. The lowest BCUT2D eigenvalue weighted by Crippen LogP contribution is -2.38. The van der Waals surface area contributed by atoms with Crippen LogP contribution in [-0.4, -0.2) is 19.0 Å². The molecule has 94 valence electrons. The van der Waals surface area contributed by atoms with Crippen molar-refractivity contribution < 1.29 is 8.42 Å². The zero-order valence-corrected chi connectivity index (χ0v) is 11.3. The molecule has 0 aromatic rings. The van der Waals surface area contributed by atoms with Crippen LogP contribution in [0.4, 0.5) is 0 Å². The summed E-state index contributed by atoms with van der Waals surface area (Å²) in [5, 5.41) is 0. The number of hydrogen-bond acceptors (Lipinski definition) is 2. The van der Waals surface area contributed by atoms with Gasteiger partial charge in [0.2, 0.25) is 9.84 Å². The summed E-state index contributed by atoms with van der Waals surface area (Å²) in [6.45, 7) is 10.8. The van der Waals surface area contributed by atoms with Gasteiger partial charge >= 0.3 is 5.88 Å². The van der Waals surface area contributed by atoms with Crippen LogP contribution in [0.5, 0.6) is 0 Å². The molecule has 0 aliphatic heterocycles. The average molecular weight is 253 g/mol. The van der Waals surface area contributed by atoms with Crippen LogP contribution in [0, 0.1) is 6.57 Å². The fourth-order valence-electron chi connectivity index (χ4n) is 2.01. The van der Waals surface area contributed by atoms with Crippen LogP contribution in [-0.2, 0) is 9.84 Å². The predicted octanol–water partition coefficient (Wildman–Crippen LogP) is 3.11. The third-order valence-corrected chi connectivity index (χ3v) is 5.44. The van der Waals surface area contributed by atoms with Crippen molar-refractivity contribution in [3.8, 4) is 0 Å². The highest BCUT2D eigenvalue weighted by atomic mass is 32.2. The summed E-state index contributed by atoms with van der Waals surface area (Å²) in [6.07, 6.45) is 8.56. The quantitative estimate of drug-likeness (QED) is 0.706. The number of unbranched alkanes of at least 4 members (excludes halogenated alkanes) is 1. The Bertz CT molecular complexity index is 468. The molecule has 0 heterocycles. The third kappa shape index (κ3) is 2.98. The van der Waals surface area contributed by atoms with E-state index >= 15 is 0 Å². The zero-order valence-electron chi connectivity index (χ0n) is 10.4. The van der Waals surface area contributed by atoms with Gasteiger partial charge < -0.3 is 0 Å². The van der Waals surface area contributed by atoms with Gasteiger partial charge in [0.1, 0.15) is 4.75 Å². The fourth-order valence-corrected chi connectivity index (χ4v) is 3.51. The standard InChI is InChI=1S/C13H19NO2S/c1-4-5-8-13(17(15,16)11-14-3)9-6-12(2)7-10-13/h6-7,9H,4-5,8,10-11H2,1-2H3. The highest BCUT2D eigenvalue weighted by molar-refractivity contribution is 7.93. The topological polar surface area (TPSA) is 38.5 Å². The minimum absolute atomic E-state index is 0.409. The molecule has 0 N–H and O–H groups in total. The predicted molar refractivity (Wildman–Crippen MR) is 70.2 cm³/mol. The number of rotatable bonds is 5. The van der Waals surface area contributed by atoms with E-state index in [1.807, 2.05) is 26.0 Å². The van der Waals surface area contributed by atoms with Crippen LogP contribution < -0.4 is 0 Å². The van der Waals surface area contributed by atoms with E-state index in [-0.39, 0.29) is 0 Å². The second-order valence-electron chi connectivity index (χ2n) is 4.56. The Morgan fingerprint density at radius 2 is 2.24 bits per heavy atom. The Balaban J connectivity index is 3.06. The van der Waals surface area contributed by atoms with E-state index < -0.39 is 20.5 Å². The Hall–Kier alpha value is -1.08. The summed E-state index contributed by atoms with van der Waals surface area (Å²) in [5.74, 6) is -0.409. The Morgan fingerprint density at radius 1 is 1.53 bits per heavy atom. The maximum atomic E-state index is 12.2. The average Bonchev–Trinajstić information content (AvgIpc) is 2.28. The molecule has 0 amide bonds. The van der Waals surface area contributed by atoms with Gasteiger partial charge in [-0.3, -0.25) is 4.85 Å².